The van der Waals surface area contributed by atoms with Crippen molar-refractivity contribution in [2.45, 2.75) is 37.7 Å². The van der Waals surface area contributed by atoms with Crippen molar-refractivity contribution < 1.29 is 32.4 Å². The van der Waals surface area contributed by atoms with E-state index >= 15 is 0 Å². The van der Waals surface area contributed by atoms with Gasteiger partial charge in [-0.05, 0) is 36.0 Å². The number of carbonyl (C=O) groups excluding carboxylic acids is 1. The fraction of sp³-hybridized carbons (Fsp3) is 0.500. The average Bonchev–Trinajstić information content (AvgIpc) is 3.18. The number of likely N-dealkylation sites (tertiary alicyclic amines) is 1. The van der Waals surface area contributed by atoms with Gasteiger partial charge in [0.2, 0.25) is 5.91 Å². The Balaban J connectivity index is 1.22. The van der Waals surface area contributed by atoms with Crippen LogP contribution < -0.4 is 14.8 Å². The van der Waals surface area contributed by atoms with Crippen LogP contribution in [0.3, 0.4) is 0 Å². The van der Waals surface area contributed by atoms with Gasteiger partial charge < -0.3 is 24.9 Å². The standard InChI is InChI=1S/C20H21ClF3N5O5/c21-16-7-14(1-2-15(16)20(22,23)24)34-13-3-5-27(6-4-13)10-18(30)25-12-8-28-9-17(29(31)32)26-19(28)33-11-12/h1-2,7,9,12-13H,3-6,8,10-11H2,(H,25,30)/t12-/m0/s1. The summed E-state index contributed by atoms with van der Waals surface area (Å²) in [7, 11) is 0. The van der Waals surface area contributed by atoms with Crippen LogP contribution in [0.25, 0.3) is 0 Å². The number of halogens is 4. The van der Waals surface area contributed by atoms with E-state index in [-0.39, 0.29) is 48.8 Å². The summed E-state index contributed by atoms with van der Waals surface area (Å²) in [6, 6.07) is 3.11. The van der Waals surface area contributed by atoms with E-state index < -0.39 is 21.7 Å². The topological polar surface area (TPSA) is 112 Å². The van der Waals surface area contributed by atoms with Gasteiger partial charge in [0, 0.05) is 18.1 Å². The van der Waals surface area contributed by atoms with Crippen LogP contribution >= 0.6 is 11.6 Å². The van der Waals surface area contributed by atoms with Crippen LogP contribution in [0.2, 0.25) is 5.02 Å². The molecule has 0 spiro atoms. The Morgan fingerprint density at radius 3 is 2.74 bits per heavy atom. The number of aromatic nitrogens is 2. The van der Waals surface area contributed by atoms with E-state index in [1.54, 1.807) is 0 Å². The first-order chi connectivity index (χ1) is 16.1. The Morgan fingerprint density at radius 2 is 2.09 bits per heavy atom. The number of carbonyl (C=O) groups is 1. The number of nitrogens with zero attached hydrogens (tertiary/aromatic N) is 4. The van der Waals surface area contributed by atoms with Crippen molar-refractivity contribution in [3.8, 4) is 11.8 Å². The lowest BCUT2D eigenvalue weighted by Gasteiger charge is -2.32. The number of piperidine rings is 1. The molecule has 1 saturated heterocycles. The third-order valence-corrected chi connectivity index (χ3v) is 5.87. The lowest BCUT2D eigenvalue weighted by Crippen LogP contribution is -2.49. The molecular formula is C20H21ClF3N5O5. The zero-order valence-electron chi connectivity index (χ0n) is 17.8. The van der Waals surface area contributed by atoms with Gasteiger partial charge in [0.25, 0.3) is 0 Å². The first-order valence-electron chi connectivity index (χ1n) is 10.5. The van der Waals surface area contributed by atoms with E-state index in [1.165, 1.54) is 16.8 Å². The van der Waals surface area contributed by atoms with Crippen molar-refractivity contribution in [2.75, 3.05) is 26.2 Å². The Labute approximate surface area is 196 Å². The van der Waals surface area contributed by atoms with E-state index in [1.807, 2.05) is 4.90 Å². The largest absolute Gasteiger partial charge is 0.490 e. The summed E-state index contributed by atoms with van der Waals surface area (Å²) in [6.07, 6.45) is -2.26. The van der Waals surface area contributed by atoms with Gasteiger partial charge in [0.1, 0.15) is 24.7 Å². The van der Waals surface area contributed by atoms with E-state index in [9.17, 15) is 28.1 Å². The molecule has 10 nitrogen and oxygen atoms in total. The molecule has 0 unspecified atom stereocenters. The summed E-state index contributed by atoms with van der Waals surface area (Å²) < 4.78 is 51.2. The zero-order chi connectivity index (χ0) is 24.5. The Kier molecular flexibility index (Phi) is 6.84. The van der Waals surface area contributed by atoms with Gasteiger partial charge in [-0.3, -0.25) is 14.3 Å². The fourth-order valence-corrected chi connectivity index (χ4v) is 4.20. The molecule has 184 valence electrons. The molecule has 0 saturated carbocycles. The van der Waals surface area contributed by atoms with E-state index in [4.69, 9.17) is 21.1 Å². The lowest BCUT2D eigenvalue weighted by atomic mass is 10.1. The van der Waals surface area contributed by atoms with Gasteiger partial charge in [-0.1, -0.05) is 11.6 Å². The number of amides is 1. The molecule has 4 rings (SSSR count). The van der Waals surface area contributed by atoms with Crippen LogP contribution in [-0.2, 0) is 17.5 Å². The molecule has 1 amide bonds. The molecule has 0 radical (unpaired) electrons. The van der Waals surface area contributed by atoms with Crippen LogP contribution in [0.1, 0.15) is 18.4 Å². The molecule has 1 aromatic heterocycles. The van der Waals surface area contributed by atoms with Crippen LogP contribution in [0.15, 0.2) is 24.4 Å². The minimum absolute atomic E-state index is 0.147. The molecule has 2 aromatic rings. The number of hydrogen-bond acceptors (Lipinski definition) is 7. The maximum Gasteiger partial charge on any atom is 0.417 e. The molecule has 2 aliphatic rings. The molecule has 1 fully saturated rings. The number of nitrogens with one attached hydrogen (secondary N) is 1. The fourth-order valence-electron chi connectivity index (χ4n) is 3.93. The predicted molar refractivity (Wildman–Crippen MR) is 113 cm³/mol. The Hall–Kier alpha value is -3.06. The maximum absolute atomic E-state index is 12.8. The number of ether oxygens (including phenoxy) is 2. The van der Waals surface area contributed by atoms with Gasteiger partial charge in [-0.2, -0.15) is 13.2 Å². The van der Waals surface area contributed by atoms with E-state index in [0.717, 1.165) is 12.1 Å². The van der Waals surface area contributed by atoms with Gasteiger partial charge in [0.15, 0.2) is 0 Å². The highest BCUT2D eigenvalue weighted by atomic mass is 35.5. The molecule has 1 N–H and O–H groups in total. The second-order valence-electron chi connectivity index (χ2n) is 8.10. The van der Waals surface area contributed by atoms with E-state index in [2.05, 4.69) is 10.3 Å². The van der Waals surface area contributed by atoms with Gasteiger partial charge in [-0.15, -0.1) is 0 Å². The molecule has 0 bridgehead atoms. The number of fused-ring (bicyclic) bond motifs is 1. The van der Waals surface area contributed by atoms with Crippen LogP contribution in [0.5, 0.6) is 11.8 Å². The summed E-state index contributed by atoms with van der Waals surface area (Å²) in [6.45, 7) is 1.78. The molecule has 34 heavy (non-hydrogen) atoms. The van der Waals surface area contributed by atoms with Crippen molar-refractivity contribution >= 4 is 23.3 Å². The number of benzene rings is 1. The minimum Gasteiger partial charge on any atom is -0.490 e. The monoisotopic (exact) mass is 503 g/mol. The number of imidazole rings is 1. The number of hydrogen-bond donors (Lipinski definition) is 1. The molecule has 3 heterocycles. The van der Waals surface area contributed by atoms with Crippen molar-refractivity contribution in [2.24, 2.45) is 0 Å². The third kappa shape index (κ3) is 5.70. The first kappa shape index (κ1) is 24.1. The minimum atomic E-state index is -4.52. The van der Waals surface area contributed by atoms with Crippen LogP contribution in [-0.4, -0.2) is 63.7 Å². The Bertz CT molecular complexity index is 1070. The lowest BCUT2D eigenvalue weighted by molar-refractivity contribution is -0.389. The SMILES string of the molecule is O=C(CN1CCC(Oc2ccc(C(F)(F)F)c(Cl)c2)CC1)N[C@@H]1COc2nc([N+](=O)[O-])cn2C1. The van der Waals surface area contributed by atoms with E-state index in [0.29, 0.717) is 32.5 Å². The highest BCUT2D eigenvalue weighted by molar-refractivity contribution is 6.31. The molecule has 0 aliphatic carbocycles. The van der Waals surface area contributed by atoms with Crippen molar-refractivity contribution in [3.05, 3.63) is 45.1 Å². The first-order valence-corrected chi connectivity index (χ1v) is 10.9. The van der Waals surface area contributed by atoms with Crippen LogP contribution in [0, 0.1) is 10.1 Å². The molecular weight excluding hydrogens is 483 g/mol. The van der Waals surface area contributed by atoms with Crippen molar-refractivity contribution in [1.82, 2.24) is 19.8 Å². The highest BCUT2D eigenvalue weighted by Gasteiger charge is 2.33. The number of nitro groups is 1. The maximum atomic E-state index is 12.8. The summed E-state index contributed by atoms with van der Waals surface area (Å²) in [4.78, 5) is 28.4. The average molecular weight is 504 g/mol. The summed E-state index contributed by atoms with van der Waals surface area (Å²) in [5.41, 5.74) is -0.909. The second-order valence-corrected chi connectivity index (χ2v) is 8.51. The quantitative estimate of drug-likeness (QED) is 0.476. The number of alkyl halides is 3. The summed E-state index contributed by atoms with van der Waals surface area (Å²) >= 11 is 5.74. The van der Waals surface area contributed by atoms with Gasteiger partial charge in [0.05, 0.1) is 29.7 Å². The van der Waals surface area contributed by atoms with Crippen molar-refractivity contribution in [1.29, 1.82) is 0 Å². The summed E-state index contributed by atoms with van der Waals surface area (Å²) in [5, 5.41) is 13.3. The second kappa shape index (κ2) is 9.66. The third-order valence-electron chi connectivity index (χ3n) is 5.56. The number of rotatable bonds is 6. The Morgan fingerprint density at radius 1 is 1.35 bits per heavy atom. The zero-order valence-corrected chi connectivity index (χ0v) is 18.5. The summed E-state index contributed by atoms with van der Waals surface area (Å²) in [5.74, 6) is -0.253. The molecule has 1 aromatic carbocycles. The van der Waals surface area contributed by atoms with Crippen LogP contribution in [0.4, 0.5) is 19.0 Å². The van der Waals surface area contributed by atoms with Gasteiger partial charge in [-0.25, -0.2) is 0 Å². The normalized spacial score (nSPS) is 19.2. The molecule has 1 atom stereocenters. The molecule has 2 aliphatic heterocycles. The van der Waals surface area contributed by atoms with Gasteiger partial charge >= 0.3 is 18.0 Å². The van der Waals surface area contributed by atoms with Crippen molar-refractivity contribution in [3.63, 3.8) is 0 Å². The predicted octanol–water partition coefficient (Wildman–Crippen LogP) is 2.88. The highest BCUT2D eigenvalue weighted by Crippen LogP contribution is 2.36. The smallest absolute Gasteiger partial charge is 0.417 e. The molecule has 14 heteroatoms.